The van der Waals surface area contributed by atoms with E-state index in [9.17, 15) is 4.79 Å². The Morgan fingerprint density at radius 2 is 2.10 bits per heavy atom. The molecule has 2 rings (SSSR count). The van der Waals surface area contributed by atoms with E-state index < -0.39 is 0 Å². The van der Waals surface area contributed by atoms with E-state index in [4.69, 9.17) is 0 Å². The van der Waals surface area contributed by atoms with E-state index in [0.717, 1.165) is 23.5 Å². The molecule has 0 saturated heterocycles. The van der Waals surface area contributed by atoms with Gasteiger partial charge in [-0.15, -0.1) is 0 Å². The lowest BCUT2D eigenvalue weighted by Gasteiger charge is -2.15. The number of nitrogens with zero attached hydrogens (tertiary/aromatic N) is 1. The van der Waals surface area contributed by atoms with Crippen LogP contribution in [-0.4, -0.2) is 15.9 Å². The van der Waals surface area contributed by atoms with Crippen molar-refractivity contribution in [1.82, 2.24) is 15.3 Å². The van der Waals surface area contributed by atoms with Crippen LogP contribution in [0.5, 0.6) is 0 Å². The summed E-state index contributed by atoms with van der Waals surface area (Å²) < 4.78 is 0. The van der Waals surface area contributed by atoms with E-state index in [2.05, 4.69) is 21.9 Å². The standard InChI is InChI=1S/C16H19N3O/c1-4-13(19-16(20)11(2)3)14-10-17-15(18-14)12-8-6-5-7-9-12/h5-10,13H,2,4H2,1,3H3,(H,17,18)(H,19,20). The van der Waals surface area contributed by atoms with E-state index in [1.165, 1.54) is 0 Å². The molecule has 1 amide bonds. The molecule has 1 aromatic heterocycles. The highest BCUT2D eigenvalue weighted by atomic mass is 16.1. The Bertz CT molecular complexity index is 601. The molecule has 1 unspecified atom stereocenters. The fourth-order valence-electron chi connectivity index (χ4n) is 1.94. The first-order valence-electron chi connectivity index (χ1n) is 6.68. The molecule has 0 saturated carbocycles. The summed E-state index contributed by atoms with van der Waals surface area (Å²) in [5, 5.41) is 2.94. The monoisotopic (exact) mass is 269 g/mol. The average molecular weight is 269 g/mol. The summed E-state index contributed by atoms with van der Waals surface area (Å²) in [7, 11) is 0. The maximum absolute atomic E-state index is 11.7. The minimum atomic E-state index is -0.132. The number of aromatic amines is 1. The van der Waals surface area contributed by atoms with Gasteiger partial charge in [-0.05, 0) is 13.3 Å². The molecule has 20 heavy (non-hydrogen) atoms. The highest BCUT2D eigenvalue weighted by molar-refractivity contribution is 5.92. The largest absolute Gasteiger partial charge is 0.344 e. The summed E-state index contributed by atoms with van der Waals surface area (Å²) >= 11 is 0. The zero-order chi connectivity index (χ0) is 14.5. The van der Waals surface area contributed by atoms with Gasteiger partial charge in [0.1, 0.15) is 5.82 Å². The molecule has 1 heterocycles. The van der Waals surface area contributed by atoms with E-state index in [-0.39, 0.29) is 11.9 Å². The molecule has 2 N–H and O–H groups in total. The Balaban J connectivity index is 2.18. The van der Waals surface area contributed by atoms with E-state index in [0.29, 0.717) is 5.57 Å². The zero-order valence-corrected chi connectivity index (χ0v) is 11.8. The van der Waals surface area contributed by atoms with Gasteiger partial charge in [0.15, 0.2) is 0 Å². The molecule has 104 valence electrons. The van der Waals surface area contributed by atoms with Crippen molar-refractivity contribution in [1.29, 1.82) is 0 Å². The van der Waals surface area contributed by atoms with Crippen LogP contribution in [0, 0.1) is 0 Å². The fourth-order valence-corrected chi connectivity index (χ4v) is 1.94. The summed E-state index contributed by atoms with van der Waals surface area (Å²) in [5.74, 6) is 0.677. The average Bonchev–Trinajstić information content (AvgIpc) is 2.95. The van der Waals surface area contributed by atoms with Crippen molar-refractivity contribution < 1.29 is 4.79 Å². The predicted octanol–water partition coefficient (Wildman–Crippen LogP) is 3.22. The summed E-state index contributed by atoms with van der Waals surface area (Å²) in [5.41, 5.74) is 2.44. The van der Waals surface area contributed by atoms with E-state index in [1.54, 1.807) is 13.1 Å². The molecule has 2 aromatic rings. The molecule has 0 aliphatic carbocycles. The van der Waals surface area contributed by atoms with Gasteiger partial charge < -0.3 is 10.3 Å². The Kier molecular flexibility index (Phi) is 4.35. The van der Waals surface area contributed by atoms with Crippen LogP contribution < -0.4 is 5.32 Å². The van der Waals surface area contributed by atoms with Gasteiger partial charge in [0.05, 0.1) is 17.9 Å². The number of hydrogen-bond acceptors (Lipinski definition) is 2. The van der Waals surface area contributed by atoms with Gasteiger partial charge in [0, 0.05) is 11.1 Å². The smallest absolute Gasteiger partial charge is 0.246 e. The van der Waals surface area contributed by atoms with Crippen molar-refractivity contribution in [2.45, 2.75) is 26.3 Å². The van der Waals surface area contributed by atoms with Gasteiger partial charge in [-0.2, -0.15) is 0 Å². The van der Waals surface area contributed by atoms with Crippen molar-refractivity contribution in [2.24, 2.45) is 0 Å². The zero-order valence-electron chi connectivity index (χ0n) is 11.8. The Labute approximate surface area is 118 Å². The number of amides is 1. The molecule has 0 aliphatic rings. The number of rotatable bonds is 5. The van der Waals surface area contributed by atoms with Crippen LogP contribution in [0.4, 0.5) is 0 Å². The van der Waals surface area contributed by atoms with Crippen LogP contribution in [0.1, 0.15) is 32.0 Å². The summed E-state index contributed by atoms with van der Waals surface area (Å²) in [6, 6.07) is 9.82. The maximum Gasteiger partial charge on any atom is 0.246 e. The number of aromatic nitrogens is 2. The lowest BCUT2D eigenvalue weighted by Crippen LogP contribution is -2.28. The van der Waals surface area contributed by atoms with Crippen molar-refractivity contribution in [2.75, 3.05) is 0 Å². The number of carbonyl (C=O) groups excluding carboxylic acids is 1. The van der Waals surface area contributed by atoms with Crippen molar-refractivity contribution >= 4 is 5.91 Å². The van der Waals surface area contributed by atoms with Gasteiger partial charge in [0.25, 0.3) is 0 Å². The number of carbonyl (C=O) groups is 1. The summed E-state index contributed by atoms with van der Waals surface area (Å²) in [6.45, 7) is 7.37. The second-order valence-electron chi connectivity index (χ2n) is 4.77. The maximum atomic E-state index is 11.7. The second-order valence-corrected chi connectivity index (χ2v) is 4.77. The van der Waals surface area contributed by atoms with Gasteiger partial charge in [0.2, 0.25) is 5.91 Å². The van der Waals surface area contributed by atoms with Crippen molar-refractivity contribution in [3.05, 3.63) is 54.4 Å². The van der Waals surface area contributed by atoms with Crippen molar-refractivity contribution in [3.8, 4) is 11.4 Å². The Hall–Kier alpha value is -2.36. The van der Waals surface area contributed by atoms with Crippen molar-refractivity contribution in [3.63, 3.8) is 0 Å². The molecular formula is C16H19N3O. The number of hydrogen-bond donors (Lipinski definition) is 2. The minimum Gasteiger partial charge on any atom is -0.344 e. The highest BCUT2D eigenvalue weighted by Gasteiger charge is 2.15. The first-order valence-corrected chi connectivity index (χ1v) is 6.68. The third-order valence-electron chi connectivity index (χ3n) is 3.12. The second kappa shape index (κ2) is 6.19. The van der Waals surface area contributed by atoms with Crippen LogP contribution in [0.15, 0.2) is 48.7 Å². The normalized spacial score (nSPS) is 11.9. The number of nitrogens with one attached hydrogen (secondary N) is 2. The lowest BCUT2D eigenvalue weighted by atomic mass is 10.1. The number of benzene rings is 1. The van der Waals surface area contributed by atoms with Crippen LogP contribution in [0.25, 0.3) is 11.4 Å². The van der Waals surface area contributed by atoms with Crippen LogP contribution >= 0.6 is 0 Å². The van der Waals surface area contributed by atoms with Crippen LogP contribution in [0.2, 0.25) is 0 Å². The molecule has 0 aliphatic heterocycles. The molecule has 0 radical (unpaired) electrons. The summed E-state index contributed by atoms with van der Waals surface area (Å²) in [6.07, 6.45) is 2.56. The molecule has 1 aromatic carbocycles. The fraction of sp³-hybridized carbons (Fsp3) is 0.250. The lowest BCUT2D eigenvalue weighted by molar-refractivity contribution is -0.118. The third-order valence-corrected chi connectivity index (χ3v) is 3.12. The molecule has 4 nitrogen and oxygen atoms in total. The van der Waals surface area contributed by atoms with E-state index >= 15 is 0 Å². The third kappa shape index (κ3) is 3.15. The Morgan fingerprint density at radius 3 is 2.70 bits per heavy atom. The van der Waals surface area contributed by atoms with E-state index in [1.807, 2.05) is 37.3 Å². The molecule has 4 heteroatoms. The molecule has 0 fully saturated rings. The quantitative estimate of drug-likeness (QED) is 0.819. The highest BCUT2D eigenvalue weighted by Crippen LogP contribution is 2.20. The molecule has 0 spiro atoms. The first kappa shape index (κ1) is 14.1. The first-order chi connectivity index (χ1) is 9.61. The minimum absolute atomic E-state index is 0.0795. The number of imidazole rings is 1. The topological polar surface area (TPSA) is 57.8 Å². The van der Waals surface area contributed by atoms with Crippen LogP contribution in [-0.2, 0) is 4.79 Å². The molecule has 1 atom stereocenters. The Morgan fingerprint density at radius 1 is 1.40 bits per heavy atom. The van der Waals surface area contributed by atoms with Gasteiger partial charge >= 0.3 is 0 Å². The van der Waals surface area contributed by atoms with Gasteiger partial charge in [-0.3, -0.25) is 4.79 Å². The molecular weight excluding hydrogens is 250 g/mol. The van der Waals surface area contributed by atoms with Crippen LogP contribution in [0.3, 0.4) is 0 Å². The molecule has 0 bridgehead atoms. The number of H-pyrrole nitrogens is 1. The SMILES string of the molecule is C=C(C)C(=O)NC(CC)c1cnc(-c2ccccc2)[nH]1. The van der Waals surface area contributed by atoms with Gasteiger partial charge in [-0.1, -0.05) is 43.8 Å². The summed E-state index contributed by atoms with van der Waals surface area (Å²) in [4.78, 5) is 19.4. The van der Waals surface area contributed by atoms with Gasteiger partial charge in [-0.25, -0.2) is 4.98 Å². The predicted molar refractivity (Wildman–Crippen MR) is 80.0 cm³/mol.